The fourth-order valence-corrected chi connectivity index (χ4v) is 3.37. The molecule has 0 amide bonds. The number of furan rings is 1. The van der Waals surface area contributed by atoms with Gasteiger partial charge in [0, 0.05) is 25.7 Å². The van der Waals surface area contributed by atoms with E-state index < -0.39 is 0 Å². The molecule has 2 aromatic heterocycles. The molecule has 5 heteroatoms. The van der Waals surface area contributed by atoms with Crippen LogP contribution in [-0.2, 0) is 11.3 Å². The Bertz CT molecular complexity index is 839. The summed E-state index contributed by atoms with van der Waals surface area (Å²) in [5, 5.41) is 4.18. The van der Waals surface area contributed by atoms with Gasteiger partial charge in [-0.1, -0.05) is 28.9 Å². The van der Waals surface area contributed by atoms with Crippen LogP contribution in [0.4, 0.5) is 0 Å². The minimum atomic E-state index is 0.103. The molecule has 3 heterocycles. The van der Waals surface area contributed by atoms with Gasteiger partial charge in [0.1, 0.15) is 0 Å². The maximum absolute atomic E-state index is 6.02. The predicted molar refractivity (Wildman–Crippen MR) is 94.1 cm³/mol. The number of benzene rings is 1. The lowest BCUT2D eigenvalue weighted by Crippen LogP contribution is -2.38. The van der Waals surface area contributed by atoms with Gasteiger partial charge in [-0.15, -0.1) is 0 Å². The average molecular weight is 338 g/mol. The largest absolute Gasteiger partial charge is 0.461 e. The summed E-state index contributed by atoms with van der Waals surface area (Å²) in [5.41, 5.74) is 4.75. The molecule has 4 rings (SSSR count). The number of rotatable bonds is 4. The van der Waals surface area contributed by atoms with Crippen LogP contribution in [-0.4, -0.2) is 29.8 Å². The highest BCUT2D eigenvalue weighted by Gasteiger charge is 2.24. The highest BCUT2D eigenvalue weighted by Crippen LogP contribution is 2.27. The van der Waals surface area contributed by atoms with Gasteiger partial charge in [-0.2, -0.15) is 0 Å². The number of hydrogen-bond donors (Lipinski definition) is 0. The maximum Gasteiger partial charge on any atom is 0.202 e. The third kappa shape index (κ3) is 3.52. The Balaban J connectivity index is 1.45. The van der Waals surface area contributed by atoms with E-state index in [-0.39, 0.29) is 6.10 Å². The van der Waals surface area contributed by atoms with Crippen LogP contribution in [0.25, 0.3) is 11.5 Å². The molecule has 3 aromatic rings. The molecule has 0 aliphatic carbocycles. The van der Waals surface area contributed by atoms with Crippen LogP contribution in [0.5, 0.6) is 0 Å². The van der Waals surface area contributed by atoms with Crippen LogP contribution < -0.4 is 0 Å². The van der Waals surface area contributed by atoms with Gasteiger partial charge in [-0.3, -0.25) is 4.90 Å². The number of aromatic nitrogens is 1. The summed E-state index contributed by atoms with van der Waals surface area (Å²) in [7, 11) is 0. The molecule has 0 bridgehead atoms. The minimum absolute atomic E-state index is 0.103. The standard InChI is InChI=1S/C20H22N2O3/c1-14-5-6-17(15(2)10-14)20-13-22(7-9-24-20)12-16-11-19(25-21-16)18-4-3-8-23-18/h3-6,8,10-11,20H,7,9,12-13H2,1-2H3/t20-/m1/s1. The van der Waals surface area contributed by atoms with Crippen molar-refractivity contribution in [3.8, 4) is 11.5 Å². The lowest BCUT2D eigenvalue weighted by Gasteiger charge is -2.33. The zero-order valence-corrected chi connectivity index (χ0v) is 14.6. The first-order valence-electron chi connectivity index (χ1n) is 8.59. The molecule has 25 heavy (non-hydrogen) atoms. The van der Waals surface area contributed by atoms with Crippen LogP contribution in [0.2, 0.25) is 0 Å². The first-order chi connectivity index (χ1) is 12.2. The summed E-state index contributed by atoms with van der Waals surface area (Å²) >= 11 is 0. The van der Waals surface area contributed by atoms with Crippen molar-refractivity contribution in [3.05, 3.63) is 65.0 Å². The van der Waals surface area contributed by atoms with E-state index in [9.17, 15) is 0 Å². The molecule has 0 saturated carbocycles. The number of ether oxygens (including phenoxy) is 1. The summed E-state index contributed by atoms with van der Waals surface area (Å²) in [5.74, 6) is 1.37. The van der Waals surface area contributed by atoms with Crippen molar-refractivity contribution < 1.29 is 13.7 Å². The first-order valence-corrected chi connectivity index (χ1v) is 8.59. The van der Waals surface area contributed by atoms with E-state index >= 15 is 0 Å². The van der Waals surface area contributed by atoms with Crippen LogP contribution in [0.3, 0.4) is 0 Å². The zero-order valence-electron chi connectivity index (χ0n) is 14.6. The average Bonchev–Trinajstić information content (AvgIpc) is 3.26. The van der Waals surface area contributed by atoms with E-state index in [1.807, 2.05) is 18.2 Å². The smallest absolute Gasteiger partial charge is 0.202 e. The normalized spacial score (nSPS) is 18.6. The Morgan fingerprint density at radius 3 is 2.88 bits per heavy atom. The van der Waals surface area contributed by atoms with Crippen molar-refractivity contribution >= 4 is 0 Å². The SMILES string of the molecule is Cc1ccc([C@H]2CN(Cc3cc(-c4ccco4)on3)CCO2)c(C)c1. The van der Waals surface area contributed by atoms with Crippen molar-refractivity contribution in [1.82, 2.24) is 10.1 Å². The monoisotopic (exact) mass is 338 g/mol. The van der Waals surface area contributed by atoms with Crippen molar-refractivity contribution in [2.24, 2.45) is 0 Å². The van der Waals surface area contributed by atoms with Gasteiger partial charge in [-0.25, -0.2) is 0 Å². The van der Waals surface area contributed by atoms with Crippen molar-refractivity contribution in [2.45, 2.75) is 26.5 Å². The first kappa shape index (κ1) is 16.1. The van der Waals surface area contributed by atoms with Crippen LogP contribution in [0.15, 0.2) is 51.6 Å². The molecule has 0 radical (unpaired) electrons. The van der Waals surface area contributed by atoms with E-state index in [1.54, 1.807) is 6.26 Å². The summed E-state index contributed by atoms with van der Waals surface area (Å²) in [6.07, 6.45) is 1.74. The summed E-state index contributed by atoms with van der Waals surface area (Å²) < 4.78 is 16.8. The van der Waals surface area contributed by atoms with E-state index in [1.165, 1.54) is 16.7 Å². The molecule has 1 saturated heterocycles. The van der Waals surface area contributed by atoms with Crippen LogP contribution >= 0.6 is 0 Å². The highest BCUT2D eigenvalue weighted by molar-refractivity contribution is 5.49. The van der Waals surface area contributed by atoms with E-state index in [4.69, 9.17) is 13.7 Å². The fourth-order valence-electron chi connectivity index (χ4n) is 3.37. The number of morpholine rings is 1. The molecule has 1 fully saturated rings. The highest BCUT2D eigenvalue weighted by atomic mass is 16.5. The molecular weight excluding hydrogens is 316 g/mol. The van der Waals surface area contributed by atoms with Crippen molar-refractivity contribution in [1.29, 1.82) is 0 Å². The number of nitrogens with zero attached hydrogens (tertiary/aromatic N) is 2. The minimum Gasteiger partial charge on any atom is -0.461 e. The van der Waals surface area contributed by atoms with E-state index in [0.29, 0.717) is 11.5 Å². The molecule has 130 valence electrons. The molecule has 0 unspecified atom stereocenters. The quantitative estimate of drug-likeness (QED) is 0.716. The van der Waals surface area contributed by atoms with Crippen molar-refractivity contribution in [2.75, 3.05) is 19.7 Å². The maximum atomic E-state index is 6.02. The van der Waals surface area contributed by atoms with Crippen LogP contribution in [0, 0.1) is 13.8 Å². The second-order valence-corrected chi connectivity index (χ2v) is 6.61. The third-order valence-corrected chi connectivity index (χ3v) is 4.63. The van der Waals surface area contributed by atoms with E-state index in [0.717, 1.165) is 31.9 Å². The van der Waals surface area contributed by atoms with Crippen LogP contribution in [0.1, 0.15) is 28.5 Å². The molecule has 5 nitrogen and oxygen atoms in total. The molecule has 1 aromatic carbocycles. The lowest BCUT2D eigenvalue weighted by molar-refractivity contribution is -0.0337. The Morgan fingerprint density at radius 2 is 2.08 bits per heavy atom. The van der Waals surface area contributed by atoms with Gasteiger partial charge in [0.2, 0.25) is 5.76 Å². The summed E-state index contributed by atoms with van der Waals surface area (Å²) in [6, 6.07) is 12.2. The van der Waals surface area contributed by atoms with E-state index in [2.05, 4.69) is 42.1 Å². The van der Waals surface area contributed by atoms with Gasteiger partial charge in [0.15, 0.2) is 5.76 Å². The Labute approximate surface area is 147 Å². The van der Waals surface area contributed by atoms with Gasteiger partial charge < -0.3 is 13.7 Å². The topological polar surface area (TPSA) is 51.6 Å². The second kappa shape index (κ2) is 6.86. The Hall–Kier alpha value is -2.37. The fraction of sp³-hybridized carbons (Fsp3) is 0.350. The van der Waals surface area contributed by atoms with Crippen molar-refractivity contribution in [3.63, 3.8) is 0 Å². The number of hydrogen-bond acceptors (Lipinski definition) is 5. The van der Waals surface area contributed by atoms with Gasteiger partial charge in [0.05, 0.1) is 24.7 Å². The summed E-state index contributed by atoms with van der Waals surface area (Å²) in [4.78, 5) is 2.36. The lowest BCUT2D eigenvalue weighted by atomic mass is 10.00. The molecule has 1 aliphatic rings. The predicted octanol–water partition coefficient (Wildman–Crippen LogP) is 4.12. The molecule has 0 N–H and O–H groups in total. The Kier molecular flexibility index (Phi) is 4.42. The Morgan fingerprint density at radius 1 is 1.16 bits per heavy atom. The third-order valence-electron chi connectivity index (χ3n) is 4.63. The summed E-state index contributed by atoms with van der Waals surface area (Å²) in [6.45, 7) is 7.48. The molecule has 0 spiro atoms. The van der Waals surface area contributed by atoms with Gasteiger partial charge in [0.25, 0.3) is 0 Å². The molecule has 1 atom stereocenters. The molecular formula is C20H22N2O3. The van der Waals surface area contributed by atoms with Gasteiger partial charge >= 0.3 is 0 Å². The number of aryl methyl sites for hydroxylation is 2. The molecule has 1 aliphatic heterocycles. The second-order valence-electron chi connectivity index (χ2n) is 6.61. The zero-order chi connectivity index (χ0) is 17.2. The van der Waals surface area contributed by atoms with Gasteiger partial charge in [-0.05, 0) is 37.1 Å².